The largest absolute Gasteiger partial charge is 0.490 e. The van der Waals surface area contributed by atoms with Gasteiger partial charge in [0.15, 0.2) is 11.6 Å². The molecule has 0 heterocycles. The minimum absolute atomic E-state index is 0.0436. The summed E-state index contributed by atoms with van der Waals surface area (Å²) >= 11 is 0. The minimum Gasteiger partial charge on any atom is -0.490 e. The predicted molar refractivity (Wildman–Crippen MR) is 50.6 cm³/mol. The molecule has 0 amide bonds. The quantitative estimate of drug-likeness (QED) is 0.328. The molecule has 1 aromatic rings. The molecule has 0 saturated carbocycles. The highest BCUT2D eigenvalue weighted by molar-refractivity contribution is 5.35. The summed E-state index contributed by atoms with van der Waals surface area (Å²) in [5.41, 5.74) is 8.21. The van der Waals surface area contributed by atoms with Crippen LogP contribution in [0.5, 0.6) is 5.75 Å². The average molecular weight is 206 g/mol. The molecule has 1 aromatic carbocycles. The summed E-state index contributed by atoms with van der Waals surface area (Å²) in [4.78, 5) is 2.52. The van der Waals surface area contributed by atoms with Gasteiger partial charge in [0.05, 0.1) is 24.8 Å². The van der Waals surface area contributed by atoms with Crippen LogP contribution in [0.25, 0.3) is 10.4 Å². The van der Waals surface area contributed by atoms with Crippen LogP contribution in [0, 0.1) is 17.1 Å². The fourth-order valence-electron chi connectivity index (χ4n) is 0.929. The number of ether oxygens (including phenoxy) is 1. The van der Waals surface area contributed by atoms with Crippen molar-refractivity contribution in [3.05, 3.63) is 40.0 Å². The van der Waals surface area contributed by atoms with Crippen molar-refractivity contribution in [2.24, 2.45) is 5.11 Å². The summed E-state index contributed by atoms with van der Waals surface area (Å²) in [7, 11) is 0. The van der Waals surface area contributed by atoms with Crippen molar-refractivity contribution >= 4 is 0 Å². The zero-order valence-corrected chi connectivity index (χ0v) is 7.72. The van der Waals surface area contributed by atoms with E-state index in [1.807, 2.05) is 6.07 Å². The molecule has 5 nitrogen and oxygen atoms in total. The second-order valence-electron chi connectivity index (χ2n) is 2.56. The van der Waals surface area contributed by atoms with Crippen LogP contribution >= 0.6 is 0 Å². The molecule has 76 valence electrons. The second-order valence-corrected chi connectivity index (χ2v) is 2.56. The van der Waals surface area contributed by atoms with Crippen LogP contribution < -0.4 is 4.74 Å². The van der Waals surface area contributed by atoms with E-state index in [0.717, 1.165) is 6.07 Å². The van der Waals surface area contributed by atoms with Crippen molar-refractivity contribution in [2.45, 2.75) is 0 Å². The number of nitriles is 1. The molecule has 0 aromatic heterocycles. The molecule has 6 heteroatoms. The standard InChI is InChI=1S/C9H7FN4O/c10-8-5-7(6-11)1-2-9(8)15-4-3-13-14-12/h1-2,5H,3-4H2. The van der Waals surface area contributed by atoms with Gasteiger partial charge in [-0.15, -0.1) is 0 Å². The van der Waals surface area contributed by atoms with Crippen LogP contribution in [0.1, 0.15) is 5.56 Å². The van der Waals surface area contributed by atoms with E-state index < -0.39 is 5.82 Å². The third-order valence-electron chi connectivity index (χ3n) is 1.57. The Morgan fingerprint density at radius 2 is 2.40 bits per heavy atom. The van der Waals surface area contributed by atoms with Gasteiger partial charge in [0.2, 0.25) is 0 Å². The zero-order valence-electron chi connectivity index (χ0n) is 7.72. The maximum atomic E-state index is 13.2. The summed E-state index contributed by atoms with van der Waals surface area (Å²) in [6.07, 6.45) is 0. The van der Waals surface area contributed by atoms with Crippen molar-refractivity contribution < 1.29 is 9.13 Å². The van der Waals surface area contributed by atoms with Gasteiger partial charge in [-0.05, 0) is 23.7 Å². The Morgan fingerprint density at radius 3 is 3.00 bits per heavy atom. The Labute approximate surface area is 85.3 Å². The molecule has 0 atom stereocenters. The van der Waals surface area contributed by atoms with Gasteiger partial charge in [-0.1, -0.05) is 5.11 Å². The Bertz CT molecular complexity index is 434. The molecule has 0 spiro atoms. The lowest BCUT2D eigenvalue weighted by Crippen LogP contribution is -2.01. The maximum absolute atomic E-state index is 13.2. The van der Waals surface area contributed by atoms with Crippen molar-refractivity contribution in [1.29, 1.82) is 5.26 Å². The molecule has 1 rings (SSSR count). The van der Waals surface area contributed by atoms with Crippen molar-refractivity contribution in [3.8, 4) is 11.8 Å². The molecular formula is C9H7FN4O. The predicted octanol–water partition coefficient (Wildman–Crippen LogP) is 2.39. The molecule has 0 bridgehead atoms. The van der Waals surface area contributed by atoms with Crippen molar-refractivity contribution in [2.75, 3.05) is 13.2 Å². The molecule has 0 fully saturated rings. The van der Waals surface area contributed by atoms with E-state index in [4.69, 9.17) is 15.5 Å². The lowest BCUT2D eigenvalue weighted by Gasteiger charge is -2.04. The Kier molecular flexibility index (Phi) is 3.95. The van der Waals surface area contributed by atoms with E-state index in [2.05, 4.69) is 10.0 Å². The third kappa shape index (κ3) is 3.18. The second kappa shape index (κ2) is 5.47. The minimum atomic E-state index is -0.602. The molecule has 0 aliphatic heterocycles. The van der Waals surface area contributed by atoms with Gasteiger partial charge < -0.3 is 4.74 Å². The van der Waals surface area contributed by atoms with E-state index in [1.165, 1.54) is 12.1 Å². The molecule has 0 unspecified atom stereocenters. The van der Waals surface area contributed by atoms with Crippen LogP contribution in [-0.4, -0.2) is 13.2 Å². The first-order valence-electron chi connectivity index (χ1n) is 4.11. The van der Waals surface area contributed by atoms with Gasteiger partial charge in [0, 0.05) is 4.91 Å². The lowest BCUT2D eigenvalue weighted by atomic mass is 10.2. The zero-order chi connectivity index (χ0) is 11.1. The maximum Gasteiger partial charge on any atom is 0.166 e. The summed E-state index contributed by atoms with van der Waals surface area (Å²) < 4.78 is 18.2. The van der Waals surface area contributed by atoms with Crippen molar-refractivity contribution in [3.63, 3.8) is 0 Å². The fraction of sp³-hybridized carbons (Fsp3) is 0.222. The number of rotatable bonds is 4. The molecule has 0 aliphatic carbocycles. The van der Waals surface area contributed by atoms with Crippen LogP contribution in [0.15, 0.2) is 23.3 Å². The van der Waals surface area contributed by atoms with Gasteiger partial charge in [-0.3, -0.25) is 0 Å². The van der Waals surface area contributed by atoms with Crippen LogP contribution in [-0.2, 0) is 0 Å². The van der Waals surface area contributed by atoms with Crippen molar-refractivity contribution in [1.82, 2.24) is 0 Å². The summed E-state index contributed by atoms with van der Waals surface area (Å²) in [6.45, 7) is 0.239. The van der Waals surface area contributed by atoms with Gasteiger partial charge in [-0.2, -0.15) is 5.26 Å². The van der Waals surface area contributed by atoms with E-state index in [0.29, 0.717) is 0 Å². The van der Waals surface area contributed by atoms with Crippen LogP contribution in [0.3, 0.4) is 0 Å². The normalized spacial score (nSPS) is 8.80. The van der Waals surface area contributed by atoms with E-state index in [9.17, 15) is 4.39 Å². The third-order valence-corrected chi connectivity index (χ3v) is 1.57. The van der Waals surface area contributed by atoms with Crippen LogP contribution in [0.4, 0.5) is 4.39 Å². The molecule has 0 saturated heterocycles. The van der Waals surface area contributed by atoms with E-state index in [1.54, 1.807) is 0 Å². The van der Waals surface area contributed by atoms with Gasteiger partial charge in [-0.25, -0.2) is 4.39 Å². The Balaban J connectivity index is 2.62. The first-order valence-corrected chi connectivity index (χ1v) is 4.11. The van der Waals surface area contributed by atoms with E-state index in [-0.39, 0.29) is 24.5 Å². The molecule has 0 radical (unpaired) electrons. The number of hydrogen-bond donors (Lipinski definition) is 0. The van der Waals surface area contributed by atoms with E-state index >= 15 is 0 Å². The highest BCUT2D eigenvalue weighted by Crippen LogP contribution is 2.17. The summed E-state index contributed by atoms with van der Waals surface area (Å²) in [5, 5.41) is 11.7. The fourth-order valence-corrected chi connectivity index (χ4v) is 0.929. The topological polar surface area (TPSA) is 81.8 Å². The highest BCUT2D eigenvalue weighted by atomic mass is 19.1. The first kappa shape index (κ1) is 10.8. The molecule has 15 heavy (non-hydrogen) atoms. The molecular weight excluding hydrogens is 199 g/mol. The average Bonchev–Trinajstić information content (AvgIpc) is 2.26. The number of hydrogen-bond acceptors (Lipinski definition) is 3. The SMILES string of the molecule is N#Cc1ccc(OCCN=[N+]=[N-])c(F)c1. The van der Waals surface area contributed by atoms with Gasteiger partial charge in [0.25, 0.3) is 0 Å². The number of halogens is 1. The van der Waals surface area contributed by atoms with Gasteiger partial charge >= 0.3 is 0 Å². The van der Waals surface area contributed by atoms with Crippen LogP contribution in [0.2, 0.25) is 0 Å². The van der Waals surface area contributed by atoms with Gasteiger partial charge in [0.1, 0.15) is 0 Å². The number of azide groups is 1. The molecule has 0 N–H and O–H groups in total. The number of benzene rings is 1. The lowest BCUT2D eigenvalue weighted by molar-refractivity contribution is 0.311. The monoisotopic (exact) mass is 206 g/mol. The summed E-state index contributed by atoms with van der Waals surface area (Å²) in [6, 6.07) is 5.71. The smallest absolute Gasteiger partial charge is 0.166 e. The number of nitrogens with zero attached hydrogens (tertiary/aromatic N) is 4. The Hall–Kier alpha value is -2.25. The molecule has 0 aliphatic rings. The summed E-state index contributed by atoms with van der Waals surface area (Å²) in [5.74, 6) is -0.558. The highest BCUT2D eigenvalue weighted by Gasteiger charge is 2.03. The first-order chi connectivity index (χ1) is 7.27. The Morgan fingerprint density at radius 1 is 1.60 bits per heavy atom.